The molecule has 0 amide bonds. The van der Waals surface area contributed by atoms with Crippen molar-refractivity contribution in [1.29, 1.82) is 0 Å². The quantitative estimate of drug-likeness (QED) is 0.284. The van der Waals surface area contributed by atoms with Gasteiger partial charge in [-0.05, 0) is 12.8 Å². The second-order valence-corrected chi connectivity index (χ2v) is 6.33. The van der Waals surface area contributed by atoms with Gasteiger partial charge in [0, 0.05) is 24.5 Å². The lowest BCUT2D eigenvalue weighted by Crippen LogP contribution is -2.07. The van der Waals surface area contributed by atoms with Crippen LogP contribution in [0.1, 0.15) is 12.8 Å². The summed E-state index contributed by atoms with van der Waals surface area (Å²) in [5.74, 6) is -1.10. The fourth-order valence-corrected chi connectivity index (χ4v) is 2.67. The van der Waals surface area contributed by atoms with Crippen molar-refractivity contribution < 1.29 is 28.5 Å². The fraction of sp³-hybridized carbons (Fsp3) is 0.500. The van der Waals surface area contributed by atoms with E-state index < -0.39 is 19.3 Å². The molecule has 0 atom stereocenters. The average molecular weight is 290 g/mol. The topological polar surface area (TPSA) is 89.9 Å². The minimum atomic E-state index is -3.26. The third kappa shape index (κ3) is 10.2. The van der Waals surface area contributed by atoms with E-state index in [9.17, 15) is 19.0 Å². The van der Waals surface area contributed by atoms with Crippen molar-refractivity contribution in [3.8, 4) is 0 Å². The van der Waals surface area contributed by atoms with Crippen LogP contribution in [0.15, 0.2) is 25.3 Å². The maximum Gasteiger partial charge on any atom is 0.330 e. The molecule has 0 aromatic heterocycles. The van der Waals surface area contributed by atoms with Gasteiger partial charge in [-0.1, -0.05) is 13.2 Å². The molecule has 0 aliphatic rings. The maximum absolute atomic E-state index is 11.7. The number of rotatable bonds is 10. The molecule has 0 aromatic rings. The maximum atomic E-state index is 11.7. The zero-order valence-corrected chi connectivity index (χ0v) is 11.6. The van der Waals surface area contributed by atoms with E-state index >= 15 is 0 Å². The molecule has 0 radical (unpaired) electrons. The van der Waals surface area contributed by atoms with Gasteiger partial charge in [0.2, 0.25) is 7.37 Å². The normalized spacial score (nSPS) is 10.6. The van der Waals surface area contributed by atoms with Crippen molar-refractivity contribution in [3.63, 3.8) is 0 Å². The van der Waals surface area contributed by atoms with Crippen molar-refractivity contribution in [2.75, 3.05) is 25.5 Å². The molecule has 0 fully saturated rings. The molecule has 0 aliphatic carbocycles. The third-order valence-corrected chi connectivity index (χ3v) is 4.16. The summed E-state index contributed by atoms with van der Waals surface area (Å²) >= 11 is 0. The zero-order valence-electron chi connectivity index (χ0n) is 10.7. The van der Waals surface area contributed by atoms with Crippen LogP contribution >= 0.6 is 7.37 Å². The summed E-state index contributed by atoms with van der Waals surface area (Å²) < 4.78 is 21.1. The molecule has 0 spiro atoms. The molecule has 0 bridgehead atoms. The Morgan fingerprint density at radius 1 is 1.00 bits per heavy atom. The molecule has 19 heavy (non-hydrogen) atoms. The number of esters is 2. The molecule has 0 rings (SSSR count). The van der Waals surface area contributed by atoms with Gasteiger partial charge in [0.15, 0.2) is 0 Å². The molecule has 0 unspecified atom stereocenters. The Morgan fingerprint density at radius 3 is 1.68 bits per heavy atom. The lowest BCUT2D eigenvalue weighted by atomic mass is 10.5. The predicted octanol–water partition coefficient (Wildman–Crippen LogP) is 1.50. The van der Waals surface area contributed by atoms with Crippen LogP contribution in [0.25, 0.3) is 0 Å². The predicted molar refractivity (Wildman–Crippen MR) is 71.1 cm³/mol. The number of carbonyl (C=O) groups is 2. The summed E-state index contributed by atoms with van der Waals surface area (Å²) in [4.78, 5) is 31.0. The molecule has 0 saturated heterocycles. The fourth-order valence-electron chi connectivity index (χ4n) is 1.20. The van der Waals surface area contributed by atoms with Gasteiger partial charge in [-0.25, -0.2) is 9.59 Å². The standard InChI is InChI=1S/C12H19O6P/c1-3-11(13)17-7-5-9-19(15,16)10-6-8-18-12(14)4-2/h3-4H,1-2,5-10H2,(H,15,16). The molecule has 0 heterocycles. The SMILES string of the molecule is C=CC(=O)OCCCP(=O)(O)CCCOC(=O)C=C. The highest BCUT2D eigenvalue weighted by Gasteiger charge is 2.17. The third-order valence-electron chi connectivity index (χ3n) is 2.13. The first kappa shape index (κ1) is 17.6. The first-order chi connectivity index (χ1) is 8.91. The summed E-state index contributed by atoms with van der Waals surface area (Å²) in [6.45, 7) is 6.63. The number of hydrogen-bond donors (Lipinski definition) is 1. The highest BCUT2D eigenvalue weighted by atomic mass is 31.2. The van der Waals surface area contributed by atoms with Crippen molar-refractivity contribution in [3.05, 3.63) is 25.3 Å². The Kier molecular flexibility index (Phi) is 8.83. The Hall–Kier alpha value is -1.39. The van der Waals surface area contributed by atoms with Crippen molar-refractivity contribution in [2.45, 2.75) is 12.8 Å². The van der Waals surface area contributed by atoms with Crippen molar-refractivity contribution in [1.82, 2.24) is 0 Å². The first-order valence-electron chi connectivity index (χ1n) is 5.80. The Balaban J connectivity index is 3.71. The van der Waals surface area contributed by atoms with Crippen LogP contribution in [0.4, 0.5) is 0 Å². The molecule has 0 aromatic carbocycles. The second kappa shape index (κ2) is 9.53. The first-order valence-corrected chi connectivity index (χ1v) is 7.83. The summed E-state index contributed by atoms with van der Waals surface area (Å²) in [6.07, 6.45) is 2.80. The van der Waals surface area contributed by atoms with Crippen LogP contribution < -0.4 is 0 Å². The van der Waals surface area contributed by atoms with Gasteiger partial charge in [0.05, 0.1) is 13.2 Å². The molecule has 108 valence electrons. The van der Waals surface area contributed by atoms with E-state index in [4.69, 9.17) is 0 Å². The van der Waals surface area contributed by atoms with E-state index in [2.05, 4.69) is 22.6 Å². The number of hydrogen-bond acceptors (Lipinski definition) is 5. The van der Waals surface area contributed by atoms with Crippen LogP contribution in [-0.2, 0) is 23.6 Å². The van der Waals surface area contributed by atoms with E-state index in [0.29, 0.717) is 12.8 Å². The lowest BCUT2D eigenvalue weighted by Gasteiger charge is -2.11. The second-order valence-electron chi connectivity index (χ2n) is 3.74. The van der Waals surface area contributed by atoms with Gasteiger partial charge in [0.1, 0.15) is 0 Å². The largest absolute Gasteiger partial charge is 0.463 e. The molecule has 0 aliphatic heterocycles. The average Bonchev–Trinajstić information content (AvgIpc) is 2.39. The zero-order chi connectivity index (χ0) is 14.7. The minimum Gasteiger partial charge on any atom is -0.463 e. The summed E-state index contributed by atoms with van der Waals surface area (Å²) in [6, 6.07) is 0. The Morgan fingerprint density at radius 2 is 1.37 bits per heavy atom. The summed E-state index contributed by atoms with van der Waals surface area (Å²) in [7, 11) is -3.26. The van der Waals surface area contributed by atoms with Crippen LogP contribution in [0, 0.1) is 0 Å². The van der Waals surface area contributed by atoms with E-state index in [1.54, 1.807) is 0 Å². The van der Waals surface area contributed by atoms with E-state index in [1.165, 1.54) is 0 Å². The highest BCUT2D eigenvalue weighted by molar-refractivity contribution is 7.57. The van der Waals surface area contributed by atoms with E-state index in [0.717, 1.165) is 12.2 Å². The number of carbonyl (C=O) groups excluding carboxylic acids is 2. The molecular weight excluding hydrogens is 271 g/mol. The van der Waals surface area contributed by atoms with E-state index in [1.807, 2.05) is 0 Å². The van der Waals surface area contributed by atoms with Crippen molar-refractivity contribution in [2.24, 2.45) is 0 Å². The van der Waals surface area contributed by atoms with Gasteiger partial charge < -0.3 is 14.4 Å². The Labute approximate surface area is 112 Å². The minimum absolute atomic E-state index is 0.0623. The summed E-state index contributed by atoms with van der Waals surface area (Å²) in [5.41, 5.74) is 0. The molecule has 0 saturated carbocycles. The van der Waals surface area contributed by atoms with Gasteiger partial charge >= 0.3 is 11.9 Å². The monoisotopic (exact) mass is 290 g/mol. The van der Waals surface area contributed by atoms with Gasteiger partial charge in [0.25, 0.3) is 0 Å². The van der Waals surface area contributed by atoms with Crippen molar-refractivity contribution >= 4 is 19.3 Å². The highest BCUT2D eigenvalue weighted by Crippen LogP contribution is 2.41. The van der Waals surface area contributed by atoms with Crippen LogP contribution in [-0.4, -0.2) is 42.4 Å². The Bertz CT molecular complexity index is 344. The van der Waals surface area contributed by atoms with Crippen LogP contribution in [0.5, 0.6) is 0 Å². The van der Waals surface area contributed by atoms with Crippen LogP contribution in [0.2, 0.25) is 0 Å². The molecular formula is C12H19O6P. The van der Waals surface area contributed by atoms with Gasteiger partial charge in [-0.15, -0.1) is 0 Å². The van der Waals surface area contributed by atoms with Crippen LogP contribution in [0.3, 0.4) is 0 Å². The molecule has 7 heteroatoms. The summed E-state index contributed by atoms with van der Waals surface area (Å²) in [5, 5.41) is 0. The molecule has 1 N–H and O–H groups in total. The lowest BCUT2D eigenvalue weighted by molar-refractivity contribution is -0.138. The smallest absolute Gasteiger partial charge is 0.330 e. The molecule has 6 nitrogen and oxygen atoms in total. The van der Waals surface area contributed by atoms with Gasteiger partial charge in [-0.3, -0.25) is 4.57 Å². The number of ether oxygens (including phenoxy) is 2. The van der Waals surface area contributed by atoms with E-state index in [-0.39, 0.29) is 25.5 Å². The van der Waals surface area contributed by atoms with Gasteiger partial charge in [-0.2, -0.15) is 0 Å².